The predicted molar refractivity (Wildman–Crippen MR) is 159 cm³/mol. The highest BCUT2D eigenvalue weighted by Gasteiger charge is 2.66. The average molecular weight is 632 g/mol. The standard InChI is InChI=1S/C31H29Cl2F2N3O5/c1-30(2,3)13-23-31(17-9-8-14(32)10-20(17)37-29(31)42)24(15-6-5-7-18(33)25(15)35)26(38-23)27(39)36-21-12-19(34)16(28(40)41)11-22(21)43-4/h5-12,23-24,26,38H,13H2,1-4H3,(H,36,39)(H,37,42)(H,40,41)/t23-,24-,26+,31+/m1/s1. The van der Waals surface area contributed by atoms with Gasteiger partial charge < -0.3 is 25.8 Å². The maximum absolute atomic E-state index is 15.9. The molecule has 3 aromatic rings. The molecule has 4 N–H and O–H groups in total. The van der Waals surface area contributed by atoms with Crippen LogP contribution in [0.3, 0.4) is 0 Å². The van der Waals surface area contributed by atoms with Gasteiger partial charge in [0.2, 0.25) is 11.8 Å². The number of rotatable bonds is 6. The summed E-state index contributed by atoms with van der Waals surface area (Å²) < 4.78 is 35.8. The minimum Gasteiger partial charge on any atom is -0.495 e. The Morgan fingerprint density at radius 1 is 1.12 bits per heavy atom. The predicted octanol–water partition coefficient (Wildman–Crippen LogP) is 6.37. The van der Waals surface area contributed by atoms with Gasteiger partial charge in [-0.05, 0) is 47.2 Å². The third kappa shape index (κ3) is 5.21. The van der Waals surface area contributed by atoms with E-state index in [0.29, 0.717) is 22.7 Å². The number of nitrogens with one attached hydrogen (secondary N) is 3. The Morgan fingerprint density at radius 3 is 2.49 bits per heavy atom. The van der Waals surface area contributed by atoms with E-state index >= 15 is 4.39 Å². The van der Waals surface area contributed by atoms with Crippen molar-refractivity contribution in [2.75, 3.05) is 17.7 Å². The maximum atomic E-state index is 15.9. The van der Waals surface area contributed by atoms with E-state index in [2.05, 4.69) is 16.0 Å². The fourth-order valence-corrected chi connectivity index (χ4v) is 6.70. The van der Waals surface area contributed by atoms with Gasteiger partial charge in [-0.15, -0.1) is 0 Å². The van der Waals surface area contributed by atoms with Gasteiger partial charge in [0.1, 0.15) is 22.8 Å². The summed E-state index contributed by atoms with van der Waals surface area (Å²) in [5.74, 6) is -5.79. The molecule has 8 nitrogen and oxygen atoms in total. The van der Waals surface area contributed by atoms with Crippen LogP contribution in [0, 0.1) is 17.0 Å². The number of methoxy groups -OCH3 is 1. The fourth-order valence-electron chi connectivity index (χ4n) is 6.35. The Labute approximate surface area is 256 Å². The molecule has 0 aliphatic carbocycles. The lowest BCUT2D eigenvalue weighted by atomic mass is 9.62. The average Bonchev–Trinajstić information content (AvgIpc) is 3.39. The van der Waals surface area contributed by atoms with Crippen molar-refractivity contribution in [1.82, 2.24) is 5.32 Å². The molecule has 2 amide bonds. The Balaban J connectivity index is 1.71. The van der Waals surface area contributed by atoms with Gasteiger partial charge in [-0.3, -0.25) is 9.59 Å². The Hall–Kier alpha value is -3.73. The first-order valence-electron chi connectivity index (χ1n) is 13.4. The molecule has 0 unspecified atom stereocenters. The number of carbonyl (C=O) groups is 3. The monoisotopic (exact) mass is 631 g/mol. The van der Waals surface area contributed by atoms with Gasteiger partial charge in [0.25, 0.3) is 0 Å². The largest absolute Gasteiger partial charge is 0.495 e. The number of hydrogen-bond donors (Lipinski definition) is 4. The number of aromatic carboxylic acids is 1. The second-order valence-corrected chi connectivity index (χ2v) is 12.8. The molecule has 3 aromatic carbocycles. The lowest BCUT2D eigenvalue weighted by Gasteiger charge is -2.37. The third-order valence-corrected chi connectivity index (χ3v) is 8.53. The van der Waals surface area contributed by atoms with Crippen molar-refractivity contribution in [3.05, 3.63) is 86.9 Å². The molecule has 226 valence electrons. The Kier molecular flexibility index (Phi) is 7.91. The van der Waals surface area contributed by atoms with Crippen LogP contribution in [0.15, 0.2) is 48.5 Å². The second kappa shape index (κ2) is 11.1. The van der Waals surface area contributed by atoms with Gasteiger partial charge in [-0.1, -0.05) is 62.2 Å². The molecule has 0 radical (unpaired) electrons. The topological polar surface area (TPSA) is 117 Å². The van der Waals surface area contributed by atoms with E-state index in [9.17, 15) is 23.9 Å². The van der Waals surface area contributed by atoms with E-state index < -0.39 is 58.4 Å². The van der Waals surface area contributed by atoms with Crippen LogP contribution >= 0.6 is 23.2 Å². The van der Waals surface area contributed by atoms with Crippen LogP contribution in [-0.2, 0) is 15.0 Å². The first-order chi connectivity index (χ1) is 20.2. The van der Waals surface area contributed by atoms with E-state index in [1.54, 1.807) is 24.3 Å². The van der Waals surface area contributed by atoms with Crippen molar-refractivity contribution >= 4 is 52.4 Å². The molecule has 0 bridgehead atoms. The zero-order chi connectivity index (χ0) is 31.4. The summed E-state index contributed by atoms with van der Waals surface area (Å²) in [6, 6.07) is 9.22. The quantitative estimate of drug-likeness (QED) is 0.251. The van der Waals surface area contributed by atoms with Crippen molar-refractivity contribution in [2.24, 2.45) is 5.41 Å². The zero-order valence-corrected chi connectivity index (χ0v) is 25.2. The summed E-state index contributed by atoms with van der Waals surface area (Å²) in [6.45, 7) is 5.95. The van der Waals surface area contributed by atoms with E-state index in [1.807, 2.05) is 20.8 Å². The molecule has 4 atom stereocenters. The molecule has 0 aromatic heterocycles. The number of fused-ring (bicyclic) bond motifs is 2. The highest BCUT2D eigenvalue weighted by Crippen LogP contribution is 2.57. The molecular formula is C31H29Cl2F2N3O5. The SMILES string of the molecule is COc1cc(C(=O)O)c(F)cc1NC(=O)[C@H]1N[C@H](CC(C)(C)C)[C@]2(C(=O)Nc3cc(Cl)ccc32)[C@@H]1c1cccc(Cl)c1F. The van der Waals surface area contributed by atoms with Gasteiger partial charge in [0.05, 0.1) is 29.4 Å². The lowest BCUT2D eigenvalue weighted by molar-refractivity contribution is -0.122. The first kappa shape index (κ1) is 30.7. The summed E-state index contributed by atoms with van der Waals surface area (Å²) in [5.41, 5.74) is -1.59. The van der Waals surface area contributed by atoms with Crippen molar-refractivity contribution in [3.63, 3.8) is 0 Å². The molecule has 0 saturated carbocycles. The number of carbonyl (C=O) groups excluding carboxylic acids is 2. The Morgan fingerprint density at radius 2 is 1.84 bits per heavy atom. The van der Waals surface area contributed by atoms with Crippen LogP contribution in [0.2, 0.25) is 10.0 Å². The molecule has 5 rings (SSSR count). The number of ether oxygens (including phenoxy) is 1. The van der Waals surface area contributed by atoms with E-state index in [-0.39, 0.29) is 27.4 Å². The number of benzene rings is 3. The van der Waals surface area contributed by atoms with Crippen LogP contribution in [-0.4, -0.2) is 42.1 Å². The van der Waals surface area contributed by atoms with Crippen molar-refractivity contribution in [3.8, 4) is 5.75 Å². The van der Waals surface area contributed by atoms with Crippen LogP contribution in [0.1, 0.15) is 54.6 Å². The van der Waals surface area contributed by atoms with Crippen LogP contribution in [0.25, 0.3) is 0 Å². The van der Waals surface area contributed by atoms with E-state index in [1.165, 1.54) is 19.2 Å². The minimum absolute atomic E-state index is 0.0360. The highest BCUT2D eigenvalue weighted by molar-refractivity contribution is 6.31. The summed E-state index contributed by atoms with van der Waals surface area (Å²) in [6.07, 6.45) is 0.399. The fraction of sp³-hybridized carbons (Fsp3) is 0.323. The molecule has 12 heteroatoms. The normalized spacial score (nSPS) is 22.8. The zero-order valence-electron chi connectivity index (χ0n) is 23.7. The molecule has 2 heterocycles. The minimum atomic E-state index is -1.51. The number of hydrogen-bond acceptors (Lipinski definition) is 5. The maximum Gasteiger partial charge on any atom is 0.338 e. The number of halogens is 4. The summed E-state index contributed by atoms with van der Waals surface area (Å²) in [4.78, 5) is 39.8. The number of carboxylic acid groups (broad SMARTS) is 1. The lowest BCUT2D eigenvalue weighted by Crippen LogP contribution is -2.49. The number of anilines is 2. The molecule has 1 spiro atoms. The van der Waals surface area contributed by atoms with Gasteiger partial charge in [0, 0.05) is 28.7 Å². The molecule has 1 saturated heterocycles. The smallest absolute Gasteiger partial charge is 0.338 e. The van der Waals surface area contributed by atoms with E-state index in [0.717, 1.165) is 12.1 Å². The number of carboxylic acids is 1. The van der Waals surface area contributed by atoms with Crippen molar-refractivity contribution in [1.29, 1.82) is 0 Å². The summed E-state index contributed by atoms with van der Waals surface area (Å²) >= 11 is 12.5. The van der Waals surface area contributed by atoms with Crippen LogP contribution in [0.5, 0.6) is 5.75 Å². The van der Waals surface area contributed by atoms with Crippen LogP contribution < -0.4 is 20.7 Å². The summed E-state index contributed by atoms with van der Waals surface area (Å²) in [5, 5.41) is 18.3. The molecule has 2 aliphatic heterocycles. The highest BCUT2D eigenvalue weighted by atomic mass is 35.5. The molecule has 43 heavy (non-hydrogen) atoms. The van der Waals surface area contributed by atoms with Crippen LogP contribution in [0.4, 0.5) is 20.2 Å². The summed E-state index contributed by atoms with van der Waals surface area (Å²) in [7, 11) is 1.24. The Bertz CT molecular complexity index is 1660. The van der Waals surface area contributed by atoms with Gasteiger partial charge in [-0.2, -0.15) is 0 Å². The van der Waals surface area contributed by atoms with Crippen molar-refractivity contribution in [2.45, 2.75) is 50.6 Å². The second-order valence-electron chi connectivity index (χ2n) is 11.9. The first-order valence-corrected chi connectivity index (χ1v) is 14.2. The van der Waals surface area contributed by atoms with E-state index in [4.69, 9.17) is 27.9 Å². The van der Waals surface area contributed by atoms with Gasteiger partial charge in [-0.25, -0.2) is 13.6 Å². The van der Waals surface area contributed by atoms with Gasteiger partial charge >= 0.3 is 5.97 Å². The molecule has 2 aliphatic rings. The molecule has 1 fully saturated rings. The van der Waals surface area contributed by atoms with Gasteiger partial charge in [0.15, 0.2) is 0 Å². The van der Waals surface area contributed by atoms with Crippen molar-refractivity contribution < 1.29 is 33.0 Å². The third-order valence-electron chi connectivity index (χ3n) is 8.00. The number of amides is 2. The molecular weight excluding hydrogens is 603 g/mol.